The van der Waals surface area contributed by atoms with Crippen molar-refractivity contribution in [1.82, 2.24) is 25.9 Å². The van der Waals surface area contributed by atoms with Crippen LogP contribution in [0, 0.1) is 0 Å². The summed E-state index contributed by atoms with van der Waals surface area (Å²) in [7, 11) is 1.09. The molecule has 0 radical (unpaired) electrons. The topological polar surface area (TPSA) is 92.8 Å². The number of benzene rings is 2. The molecule has 2 N–H and O–H groups in total. The van der Waals surface area contributed by atoms with Crippen molar-refractivity contribution in [1.29, 1.82) is 0 Å². The number of aromatic nitrogens is 4. The van der Waals surface area contributed by atoms with Crippen LogP contribution in [0.4, 0.5) is 0 Å². The van der Waals surface area contributed by atoms with Crippen molar-refractivity contribution in [2.75, 3.05) is 7.11 Å². The Balaban J connectivity index is 0.00000363. The van der Waals surface area contributed by atoms with Gasteiger partial charge in [0.2, 0.25) is 5.82 Å². The van der Waals surface area contributed by atoms with Crippen molar-refractivity contribution in [2.24, 2.45) is 0 Å². The first kappa shape index (κ1) is 14.3. The first-order valence-corrected chi connectivity index (χ1v) is 7.88. The second-order valence-electron chi connectivity index (χ2n) is 5.46. The van der Waals surface area contributed by atoms with Crippen molar-refractivity contribution in [3.8, 4) is 22.5 Å². The summed E-state index contributed by atoms with van der Waals surface area (Å²) >= 11 is 0. The van der Waals surface area contributed by atoms with Gasteiger partial charge in [0.1, 0.15) is 6.04 Å². The summed E-state index contributed by atoms with van der Waals surface area (Å²) in [6.07, 6.45) is -2.80. The largest absolute Gasteiger partial charge is 0.468 e. The molecule has 1 heterocycles. The number of nitrogens with zero attached hydrogens (tertiary/aromatic N) is 3. The minimum atomic E-state index is -3.00. The Labute approximate surface area is 171 Å². The third-order valence-electron chi connectivity index (χ3n) is 3.87. The summed E-state index contributed by atoms with van der Waals surface area (Å²) in [6, 6.07) is 13.3. The molecule has 0 amide bonds. The van der Waals surface area contributed by atoms with E-state index >= 15 is 0 Å². The van der Waals surface area contributed by atoms with E-state index in [9.17, 15) is 4.79 Å². The third kappa shape index (κ3) is 4.90. The van der Waals surface area contributed by atoms with Crippen LogP contribution in [-0.4, -0.2) is 39.7 Å². The van der Waals surface area contributed by atoms with Crippen molar-refractivity contribution >= 4 is 18.4 Å². The number of methoxy groups -OCH3 is 1. The van der Waals surface area contributed by atoms with Crippen molar-refractivity contribution in [2.45, 2.75) is 25.8 Å². The van der Waals surface area contributed by atoms with E-state index in [2.05, 4.69) is 30.7 Å². The lowest BCUT2D eigenvalue weighted by Gasteiger charge is -2.14. The molecule has 27 heavy (non-hydrogen) atoms. The minimum absolute atomic E-state index is 0. The van der Waals surface area contributed by atoms with Crippen LogP contribution in [0.1, 0.15) is 25.6 Å². The summed E-state index contributed by atoms with van der Waals surface area (Å²) in [5.41, 5.74) is 3.33. The first-order chi connectivity index (χ1) is 14.6. The van der Waals surface area contributed by atoms with Crippen molar-refractivity contribution < 1.29 is 16.4 Å². The molecule has 0 bridgehead atoms. The monoisotopic (exact) mass is 392 g/mol. The molecule has 2 aromatic carbocycles. The van der Waals surface area contributed by atoms with Crippen LogP contribution in [0.15, 0.2) is 48.5 Å². The van der Waals surface area contributed by atoms with Crippen molar-refractivity contribution in [3.63, 3.8) is 0 Å². The number of hydrogen-bond donors (Lipinski definition) is 2. The number of hydrogen-bond acceptors (Lipinski definition) is 6. The molecule has 0 saturated carbocycles. The van der Waals surface area contributed by atoms with Crippen LogP contribution in [0.5, 0.6) is 0 Å². The number of carbonyl (C=O) groups excluding carboxylic acids is 1. The van der Waals surface area contributed by atoms with Crippen molar-refractivity contribution in [3.05, 3.63) is 54.1 Å². The molecule has 142 valence electrons. The van der Waals surface area contributed by atoms with E-state index in [1.54, 1.807) is 12.1 Å². The highest BCUT2D eigenvalue weighted by molar-refractivity contribution is 5.85. The maximum absolute atomic E-state index is 12.0. The van der Waals surface area contributed by atoms with Gasteiger partial charge in [0.05, 0.1) is 7.11 Å². The Morgan fingerprint density at radius 1 is 1.26 bits per heavy atom. The fraction of sp³-hybridized carbons (Fsp3) is 0.263. The lowest BCUT2D eigenvalue weighted by Crippen LogP contribution is -2.36. The molecule has 0 fully saturated rings. The summed E-state index contributed by atoms with van der Waals surface area (Å²) < 4.78 is 42.6. The normalized spacial score (nSPS) is 15.2. The molecule has 0 aliphatic carbocycles. The zero-order valence-corrected chi connectivity index (χ0v) is 15.3. The summed E-state index contributed by atoms with van der Waals surface area (Å²) in [5, 5.41) is 16.8. The van der Waals surface area contributed by atoms with Gasteiger partial charge in [-0.25, -0.2) is 0 Å². The standard InChI is InChI=1S/C19H21N5O2.ClH/c1-3-17(19(25)26-2)20-12-13-8-10-14(11-9-13)15-6-4-5-7-16(15)18-21-23-24-22-18;/h4-11,17,20H,3,12H2,1-2H3,(H,21,22,23,24);1H/t17-;/m0./s1/i1D3,3D2;. The average molecular weight is 393 g/mol. The van der Waals surface area contributed by atoms with E-state index in [-0.39, 0.29) is 19.0 Å². The molecular weight excluding hydrogens is 366 g/mol. The van der Waals surface area contributed by atoms with Crippen LogP contribution in [0.3, 0.4) is 0 Å². The van der Waals surface area contributed by atoms with Gasteiger partial charge < -0.3 is 10.1 Å². The predicted molar refractivity (Wildman–Crippen MR) is 105 cm³/mol. The van der Waals surface area contributed by atoms with Crippen LogP contribution >= 0.6 is 12.4 Å². The smallest absolute Gasteiger partial charge is 0.322 e. The molecule has 8 heteroatoms. The van der Waals surface area contributed by atoms with Gasteiger partial charge in [-0.2, -0.15) is 5.21 Å². The Morgan fingerprint density at radius 3 is 2.63 bits per heavy atom. The molecule has 3 aromatic rings. The fourth-order valence-corrected chi connectivity index (χ4v) is 2.54. The summed E-state index contributed by atoms with van der Waals surface area (Å²) in [6.45, 7) is -2.93. The molecule has 0 saturated heterocycles. The Bertz CT molecular complexity index is 1030. The number of H-pyrrole nitrogens is 1. The SMILES string of the molecule is Cl.[2H]C([2H])([2H])C([2H])([2H])[C@H](NCc1ccc(-c2ccccc2-c2nn[nH]n2)cc1)C(=O)OC. The quantitative estimate of drug-likeness (QED) is 0.600. The Morgan fingerprint density at radius 2 is 2.00 bits per heavy atom. The van der Waals surface area contributed by atoms with E-state index < -0.39 is 25.2 Å². The van der Waals surface area contributed by atoms with E-state index in [1.165, 1.54) is 0 Å². The van der Waals surface area contributed by atoms with Gasteiger partial charge in [0, 0.05) is 19.0 Å². The van der Waals surface area contributed by atoms with E-state index in [0.717, 1.165) is 29.4 Å². The molecule has 3 rings (SSSR count). The van der Waals surface area contributed by atoms with Crippen LogP contribution in [0.2, 0.25) is 0 Å². The number of tetrazole rings is 1. The second-order valence-corrected chi connectivity index (χ2v) is 5.46. The number of aromatic amines is 1. The number of nitrogens with one attached hydrogen (secondary N) is 2. The minimum Gasteiger partial charge on any atom is -0.468 e. The number of carbonyl (C=O) groups is 1. The third-order valence-corrected chi connectivity index (χ3v) is 3.87. The summed E-state index contributed by atoms with van der Waals surface area (Å²) in [5.74, 6) is -0.513. The Kier molecular flexibility index (Phi) is 5.19. The zero-order valence-electron chi connectivity index (χ0n) is 19.5. The number of rotatable bonds is 7. The number of esters is 1. The molecule has 0 spiro atoms. The van der Waals surface area contributed by atoms with Gasteiger partial charge in [0.15, 0.2) is 0 Å². The fourth-order valence-electron chi connectivity index (χ4n) is 2.54. The van der Waals surface area contributed by atoms with Gasteiger partial charge in [-0.15, -0.1) is 22.6 Å². The van der Waals surface area contributed by atoms with E-state index in [1.807, 2.05) is 36.4 Å². The maximum atomic E-state index is 12.0. The molecule has 1 aromatic heterocycles. The maximum Gasteiger partial charge on any atom is 0.322 e. The molecular formula is C19H22ClN5O2. The highest BCUT2D eigenvalue weighted by atomic mass is 35.5. The highest BCUT2D eigenvalue weighted by Crippen LogP contribution is 2.29. The van der Waals surface area contributed by atoms with E-state index in [0.29, 0.717) is 5.82 Å². The number of halogens is 1. The van der Waals surface area contributed by atoms with Gasteiger partial charge >= 0.3 is 5.97 Å². The molecule has 0 unspecified atom stereocenters. The number of ether oxygens (including phenoxy) is 1. The van der Waals surface area contributed by atoms with Gasteiger partial charge in [-0.3, -0.25) is 4.79 Å². The van der Waals surface area contributed by atoms with Crippen LogP contribution in [-0.2, 0) is 16.1 Å². The lowest BCUT2D eigenvalue weighted by atomic mass is 9.98. The molecule has 0 aliphatic heterocycles. The second kappa shape index (κ2) is 9.80. The average Bonchev–Trinajstić information content (AvgIpc) is 3.28. The first-order valence-electron chi connectivity index (χ1n) is 10.4. The molecule has 7 nitrogen and oxygen atoms in total. The van der Waals surface area contributed by atoms with Crippen LogP contribution < -0.4 is 5.32 Å². The lowest BCUT2D eigenvalue weighted by molar-refractivity contribution is -0.143. The van der Waals surface area contributed by atoms with Gasteiger partial charge in [0.25, 0.3) is 0 Å². The molecule has 0 aliphatic rings. The van der Waals surface area contributed by atoms with Gasteiger partial charge in [-0.1, -0.05) is 55.4 Å². The predicted octanol–water partition coefficient (Wildman–Crippen LogP) is 3.00. The van der Waals surface area contributed by atoms with E-state index in [4.69, 9.17) is 6.85 Å². The van der Waals surface area contributed by atoms with Gasteiger partial charge in [-0.05, 0) is 28.3 Å². The molecule has 1 atom stereocenters. The van der Waals surface area contributed by atoms with Crippen LogP contribution in [0.25, 0.3) is 22.5 Å². The summed E-state index contributed by atoms with van der Waals surface area (Å²) in [4.78, 5) is 12.0. The zero-order chi connectivity index (χ0) is 22.6. The highest BCUT2D eigenvalue weighted by Gasteiger charge is 2.16. The Hall–Kier alpha value is -2.77.